The van der Waals surface area contributed by atoms with Gasteiger partial charge in [-0.25, -0.2) is 0 Å². The summed E-state index contributed by atoms with van der Waals surface area (Å²) >= 11 is 0. The van der Waals surface area contributed by atoms with E-state index < -0.39 is 0 Å². The second-order valence-electron chi connectivity index (χ2n) is 5.09. The van der Waals surface area contributed by atoms with E-state index in [9.17, 15) is 0 Å². The highest BCUT2D eigenvalue weighted by Gasteiger charge is 2.10. The third kappa shape index (κ3) is 2.82. The van der Waals surface area contributed by atoms with E-state index in [4.69, 9.17) is 4.74 Å². The molecule has 2 rings (SSSR count). The quantitative estimate of drug-likeness (QED) is 0.808. The zero-order valence-electron chi connectivity index (χ0n) is 12.4. The van der Waals surface area contributed by atoms with E-state index in [1.807, 2.05) is 7.05 Å². The van der Waals surface area contributed by atoms with Crippen molar-refractivity contribution in [2.45, 2.75) is 33.4 Å². The van der Waals surface area contributed by atoms with Crippen LogP contribution < -0.4 is 5.32 Å². The average Bonchev–Trinajstić information content (AvgIpc) is 2.64. The third-order valence-corrected chi connectivity index (χ3v) is 3.81. The van der Waals surface area contributed by atoms with E-state index in [0.29, 0.717) is 0 Å². The molecule has 1 aromatic heterocycles. The molecule has 0 atom stereocenters. The molecule has 0 radical (unpaired) electrons. The van der Waals surface area contributed by atoms with Crippen LogP contribution in [-0.4, -0.2) is 25.3 Å². The van der Waals surface area contributed by atoms with Crippen molar-refractivity contribution in [3.8, 4) is 0 Å². The SMILES string of the molecule is CNCc1ccc2c(c1)c(C)c(C)n2CCCOC. The minimum Gasteiger partial charge on any atom is -0.385 e. The van der Waals surface area contributed by atoms with Gasteiger partial charge in [0.15, 0.2) is 0 Å². The zero-order valence-corrected chi connectivity index (χ0v) is 12.4. The highest BCUT2D eigenvalue weighted by molar-refractivity contribution is 5.86. The maximum absolute atomic E-state index is 5.15. The summed E-state index contributed by atoms with van der Waals surface area (Å²) in [7, 11) is 3.74. The number of methoxy groups -OCH3 is 1. The Kier molecular flexibility index (Phi) is 4.61. The first-order valence-corrected chi connectivity index (χ1v) is 6.91. The number of rotatable bonds is 6. The summed E-state index contributed by atoms with van der Waals surface area (Å²) in [5, 5.41) is 4.59. The second-order valence-corrected chi connectivity index (χ2v) is 5.09. The van der Waals surface area contributed by atoms with Crippen LogP contribution >= 0.6 is 0 Å². The predicted octanol–water partition coefficient (Wildman–Crippen LogP) is 3.01. The predicted molar refractivity (Wildman–Crippen MR) is 80.7 cm³/mol. The molecule has 3 heteroatoms. The summed E-state index contributed by atoms with van der Waals surface area (Å²) < 4.78 is 7.56. The van der Waals surface area contributed by atoms with Gasteiger partial charge < -0.3 is 14.6 Å². The Bertz CT molecular complexity index is 557. The lowest BCUT2D eigenvalue weighted by atomic mass is 10.1. The largest absolute Gasteiger partial charge is 0.385 e. The Hall–Kier alpha value is -1.32. The van der Waals surface area contributed by atoms with Crippen molar-refractivity contribution < 1.29 is 4.74 Å². The van der Waals surface area contributed by atoms with Crippen molar-refractivity contribution in [3.63, 3.8) is 0 Å². The maximum Gasteiger partial charge on any atom is 0.0485 e. The standard InChI is InChI=1S/C16H24N2O/c1-12-13(2)18(8-5-9-19-4)16-7-6-14(11-17-3)10-15(12)16/h6-7,10,17H,5,8-9,11H2,1-4H3. The van der Waals surface area contributed by atoms with E-state index in [2.05, 4.69) is 41.9 Å². The van der Waals surface area contributed by atoms with Gasteiger partial charge in [0.2, 0.25) is 0 Å². The van der Waals surface area contributed by atoms with E-state index in [1.54, 1.807) is 7.11 Å². The number of ether oxygens (including phenoxy) is 1. The number of benzene rings is 1. The number of nitrogens with one attached hydrogen (secondary N) is 1. The Morgan fingerprint density at radius 2 is 2.05 bits per heavy atom. The summed E-state index contributed by atoms with van der Waals surface area (Å²) in [4.78, 5) is 0. The Morgan fingerprint density at radius 1 is 1.26 bits per heavy atom. The van der Waals surface area contributed by atoms with Crippen LogP contribution in [0.1, 0.15) is 23.2 Å². The maximum atomic E-state index is 5.15. The van der Waals surface area contributed by atoms with Gasteiger partial charge in [-0.2, -0.15) is 0 Å². The van der Waals surface area contributed by atoms with E-state index in [-0.39, 0.29) is 0 Å². The average molecular weight is 260 g/mol. The van der Waals surface area contributed by atoms with Gasteiger partial charge in [0.25, 0.3) is 0 Å². The van der Waals surface area contributed by atoms with Gasteiger partial charge >= 0.3 is 0 Å². The Balaban J connectivity index is 2.38. The lowest BCUT2D eigenvalue weighted by Gasteiger charge is -2.08. The fraction of sp³-hybridized carbons (Fsp3) is 0.500. The molecule has 0 saturated heterocycles. The third-order valence-electron chi connectivity index (χ3n) is 3.81. The van der Waals surface area contributed by atoms with Crippen LogP contribution in [0.15, 0.2) is 18.2 Å². The highest BCUT2D eigenvalue weighted by Crippen LogP contribution is 2.26. The molecule has 3 nitrogen and oxygen atoms in total. The lowest BCUT2D eigenvalue weighted by Crippen LogP contribution is -2.05. The molecular weight excluding hydrogens is 236 g/mol. The summed E-state index contributed by atoms with van der Waals surface area (Å²) in [5.74, 6) is 0. The Labute approximate surface area is 115 Å². The van der Waals surface area contributed by atoms with Crippen molar-refractivity contribution >= 4 is 10.9 Å². The number of hydrogen-bond acceptors (Lipinski definition) is 2. The molecule has 0 aliphatic carbocycles. The summed E-state index contributed by atoms with van der Waals surface area (Å²) in [6, 6.07) is 6.76. The molecule has 0 aliphatic heterocycles. The fourth-order valence-corrected chi connectivity index (χ4v) is 2.67. The van der Waals surface area contributed by atoms with E-state index >= 15 is 0 Å². The zero-order chi connectivity index (χ0) is 13.8. The van der Waals surface area contributed by atoms with E-state index in [1.165, 1.54) is 27.7 Å². The van der Waals surface area contributed by atoms with Crippen LogP contribution in [0.3, 0.4) is 0 Å². The van der Waals surface area contributed by atoms with Crippen LogP contribution in [0.25, 0.3) is 10.9 Å². The first-order valence-electron chi connectivity index (χ1n) is 6.91. The molecule has 0 bridgehead atoms. The number of hydrogen-bond donors (Lipinski definition) is 1. The molecule has 1 N–H and O–H groups in total. The summed E-state index contributed by atoms with van der Waals surface area (Å²) in [5.41, 5.74) is 5.44. The van der Waals surface area contributed by atoms with Crippen LogP contribution in [0.2, 0.25) is 0 Å². The van der Waals surface area contributed by atoms with Gasteiger partial charge in [0, 0.05) is 43.4 Å². The highest BCUT2D eigenvalue weighted by atomic mass is 16.5. The van der Waals surface area contributed by atoms with Crippen LogP contribution in [0.4, 0.5) is 0 Å². The first-order chi connectivity index (χ1) is 9.19. The minimum atomic E-state index is 0.815. The normalized spacial score (nSPS) is 11.4. The minimum absolute atomic E-state index is 0.815. The van der Waals surface area contributed by atoms with Crippen molar-refractivity contribution in [2.24, 2.45) is 0 Å². The van der Waals surface area contributed by atoms with Crippen molar-refractivity contribution in [1.82, 2.24) is 9.88 Å². The second kappa shape index (κ2) is 6.22. The van der Waals surface area contributed by atoms with E-state index in [0.717, 1.165) is 26.1 Å². The van der Waals surface area contributed by atoms with Crippen LogP contribution in [-0.2, 0) is 17.8 Å². The van der Waals surface area contributed by atoms with Gasteiger partial charge in [-0.3, -0.25) is 0 Å². The molecule has 1 heterocycles. The molecule has 0 fully saturated rings. The topological polar surface area (TPSA) is 26.2 Å². The number of nitrogens with zero attached hydrogens (tertiary/aromatic N) is 1. The van der Waals surface area contributed by atoms with Gasteiger partial charge in [0.1, 0.15) is 0 Å². The lowest BCUT2D eigenvalue weighted by molar-refractivity contribution is 0.190. The number of aryl methyl sites for hydroxylation is 2. The van der Waals surface area contributed by atoms with Crippen molar-refractivity contribution in [3.05, 3.63) is 35.0 Å². The number of fused-ring (bicyclic) bond motifs is 1. The molecule has 1 aromatic carbocycles. The summed E-state index contributed by atoms with van der Waals surface area (Å²) in [6.07, 6.45) is 1.05. The summed E-state index contributed by atoms with van der Waals surface area (Å²) in [6.45, 7) is 7.18. The van der Waals surface area contributed by atoms with Crippen molar-refractivity contribution in [1.29, 1.82) is 0 Å². The fourth-order valence-electron chi connectivity index (χ4n) is 2.67. The van der Waals surface area contributed by atoms with Crippen molar-refractivity contribution in [2.75, 3.05) is 20.8 Å². The van der Waals surface area contributed by atoms with Crippen LogP contribution in [0, 0.1) is 13.8 Å². The number of aromatic nitrogens is 1. The molecular formula is C16H24N2O. The molecule has 0 aliphatic rings. The molecule has 104 valence electrons. The van der Waals surface area contributed by atoms with Crippen LogP contribution in [0.5, 0.6) is 0 Å². The van der Waals surface area contributed by atoms with Gasteiger partial charge in [-0.05, 0) is 50.6 Å². The first kappa shape index (κ1) is 14.1. The van der Waals surface area contributed by atoms with Gasteiger partial charge in [-0.15, -0.1) is 0 Å². The molecule has 2 aromatic rings. The Morgan fingerprint density at radius 3 is 2.74 bits per heavy atom. The molecule has 0 unspecified atom stereocenters. The monoisotopic (exact) mass is 260 g/mol. The molecule has 0 spiro atoms. The molecule has 0 amide bonds. The molecule has 0 saturated carbocycles. The smallest absolute Gasteiger partial charge is 0.0485 e. The van der Waals surface area contributed by atoms with Gasteiger partial charge in [0.05, 0.1) is 0 Å². The van der Waals surface area contributed by atoms with Gasteiger partial charge in [-0.1, -0.05) is 6.07 Å². The molecule has 19 heavy (non-hydrogen) atoms.